The number of ether oxygens (including phenoxy) is 2. The quantitative estimate of drug-likeness (QED) is 0.842. The van der Waals surface area contributed by atoms with E-state index in [0.29, 0.717) is 31.3 Å². The monoisotopic (exact) mass is 372 g/mol. The standard InChI is InChI=1S/C20H28N4O3/c1-15-8-9-24(18(12-15)17-6-4-5-7-19(17)27-3)20(25)22-16-13-21-23(14-16)10-11-26-2/h4-7,13-15,18H,8-12H2,1-3H3,(H,22,25)/t15-,18+/m0/s1. The highest BCUT2D eigenvalue weighted by Gasteiger charge is 2.32. The first-order valence-corrected chi connectivity index (χ1v) is 9.34. The van der Waals surface area contributed by atoms with Crippen molar-refractivity contribution in [3.63, 3.8) is 0 Å². The predicted molar refractivity (Wildman–Crippen MR) is 104 cm³/mol. The lowest BCUT2D eigenvalue weighted by Crippen LogP contribution is -2.43. The van der Waals surface area contributed by atoms with E-state index >= 15 is 0 Å². The molecule has 0 saturated carbocycles. The third-order valence-corrected chi connectivity index (χ3v) is 5.03. The average molecular weight is 372 g/mol. The van der Waals surface area contributed by atoms with Crippen molar-refractivity contribution >= 4 is 11.7 Å². The number of para-hydroxylation sites is 1. The fourth-order valence-electron chi connectivity index (χ4n) is 3.55. The molecule has 2 atom stereocenters. The van der Waals surface area contributed by atoms with Crippen LogP contribution in [0, 0.1) is 5.92 Å². The number of hydrogen-bond donors (Lipinski definition) is 1. The first-order valence-electron chi connectivity index (χ1n) is 9.34. The number of urea groups is 1. The Morgan fingerprint density at radius 2 is 2.15 bits per heavy atom. The Morgan fingerprint density at radius 3 is 2.93 bits per heavy atom. The topological polar surface area (TPSA) is 68.6 Å². The number of likely N-dealkylation sites (tertiary alicyclic amines) is 1. The number of piperidine rings is 1. The van der Waals surface area contributed by atoms with Crippen molar-refractivity contribution in [2.45, 2.75) is 32.4 Å². The molecule has 1 aromatic heterocycles. The molecule has 1 fully saturated rings. The summed E-state index contributed by atoms with van der Waals surface area (Å²) in [5.41, 5.74) is 1.74. The van der Waals surface area contributed by atoms with Crippen molar-refractivity contribution in [3.05, 3.63) is 42.2 Å². The Balaban J connectivity index is 1.76. The first kappa shape index (κ1) is 19.2. The van der Waals surface area contributed by atoms with Crippen molar-refractivity contribution in [2.75, 3.05) is 32.7 Å². The van der Waals surface area contributed by atoms with Crippen molar-refractivity contribution < 1.29 is 14.3 Å². The highest BCUT2D eigenvalue weighted by atomic mass is 16.5. The molecule has 7 nitrogen and oxygen atoms in total. The molecule has 2 amide bonds. The first-order chi connectivity index (χ1) is 13.1. The molecule has 1 aromatic carbocycles. The molecule has 1 N–H and O–H groups in total. The molecule has 1 aliphatic heterocycles. The number of methoxy groups -OCH3 is 2. The van der Waals surface area contributed by atoms with Crippen LogP contribution in [0.25, 0.3) is 0 Å². The molecule has 0 bridgehead atoms. The largest absolute Gasteiger partial charge is 0.496 e. The van der Waals surface area contributed by atoms with Crippen LogP contribution >= 0.6 is 0 Å². The summed E-state index contributed by atoms with van der Waals surface area (Å²) < 4.78 is 12.4. The second-order valence-electron chi connectivity index (χ2n) is 7.00. The van der Waals surface area contributed by atoms with Crippen molar-refractivity contribution in [3.8, 4) is 5.75 Å². The summed E-state index contributed by atoms with van der Waals surface area (Å²) in [7, 11) is 3.32. The minimum absolute atomic E-state index is 0.00608. The van der Waals surface area contributed by atoms with Gasteiger partial charge in [-0.3, -0.25) is 4.68 Å². The zero-order valence-corrected chi connectivity index (χ0v) is 16.2. The molecule has 1 saturated heterocycles. The summed E-state index contributed by atoms with van der Waals surface area (Å²) >= 11 is 0. The summed E-state index contributed by atoms with van der Waals surface area (Å²) in [6.45, 7) is 4.18. The number of nitrogens with one attached hydrogen (secondary N) is 1. The van der Waals surface area contributed by atoms with E-state index in [1.165, 1.54) is 0 Å². The summed E-state index contributed by atoms with van der Waals surface area (Å²) in [4.78, 5) is 14.9. The Kier molecular flexibility index (Phi) is 6.34. The van der Waals surface area contributed by atoms with E-state index in [-0.39, 0.29) is 12.1 Å². The molecule has 3 rings (SSSR count). The van der Waals surface area contributed by atoms with E-state index in [2.05, 4.69) is 17.3 Å². The molecule has 1 aliphatic rings. The van der Waals surface area contributed by atoms with Gasteiger partial charge in [-0.1, -0.05) is 25.1 Å². The fourth-order valence-corrected chi connectivity index (χ4v) is 3.55. The van der Waals surface area contributed by atoms with Crippen LogP contribution in [0.15, 0.2) is 36.7 Å². The zero-order valence-electron chi connectivity index (χ0n) is 16.2. The molecule has 7 heteroatoms. The fraction of sp³-hybridized carbons (Fsp3) is 0.500. The molecular formula is C20H28N4O3. The number of hydrogen-bond acceptors (Lipinski definition) is 4. The lowest BCUT2D eigenvalue weighted by atomic mass is 9.88. The van der Waals surface area contributed by atoms with E-state index in [1.807, 2.05) is 35.4 Å². The minimum Gasteiger partial charge on any atom is -0.496 e. The van der Waals surface area contributed by atoms with Crippen LogP contribution in [-0.2, 0) is 11.3 Å². The molecule has 2 aromatic rings. The molecule has 0 aliphatic carbocycles. The lowest BCUT2D eigenvalue weighted by molar-refractivity contribution is 0.140. The maximum Gasteiger partial charge on any atom is 0.322 e. The third kappa shape index (κ3) is 4.60. The molecule has 2 heterocycles. The second kappa shape index (κ2) is 8.90. The predicted octanol–water partition coefficient (Wildman–Crippen LogP) is 3.54. The van der Waals surface area contributed by atoms with Gasteiger partial charge in [0.15, 0.2) is 0 Å². The number of carbonyl (C=O) groups excluding carboxylic acids is 1. The van der Waals surface area contributed by atoms with Crippen LogP contribution < -0.4 is 10.1 Å². The normalized spacial score (nSPS) is 19.7. The SMILES string of the molecule is COCCn1cc(NC(=O)N2CC[C@H](C)C[C@@H]2c2ccccc2OC)cn1. The lowest BCUT2D eigenvalue weighted by Gasteiger charge is -2.39. The van der Waals surface area contributed by atoms with Gasteiger partial charge in [0.1, 0.15) is 5.75 Å². The number of anilines is 1. The van der Waals surface area contributed by atoms with Gasteiger partial charge in [-0.15, -0.1) is 0 Å². The smallest absolute Gasteiger partial charge is 0.322 e. The third-order valence-electron chi connectivity index (χ3n) is 5.03. The van der Waals surface area contributed by atoms with Crippen LogP contribution in [0.5, 0.6) is 5.75 Å². The van der Waals surface area contributed by atoms with Crippen LogP contribution in [0.3, 0.4) is 0 Å². The van der Waals surface area contributed by atoms with E-state index in [4.69, 9.17) is 9.47 Å². The molecular weight excluding hydrogens is 344 g/mol. The van der Waals surface area contributed by atoms with Gasteiger partial charge < -0.3 is 19.7 Å². The van der Waals surface area contributed by atoms with E-state index < -0.39 is 0 Å². The van der Waals surface area contributed by atoms with Crippen molar-refractivity contribution in [1.29, 1.82) is 0 Å². The molecule has 27 heavy (non-hydrogen) atoms. The number of carbonyl (C=O) groups is 1. The molecule has 0 unspecified atom stereocenters. The molecule has 0 spiro atoms. The van der Waals surface area contributed by atoms with E-state index in [9.17, 15) is 4.79 Å². The van der Waals surface area contributed by atoms with Crippen molar-refractivity contribution in [1.82, 2.24) is 14.7 Å². The van der Waals surface area contributed by atoms with Gasteiger partial charge >= 0.3 is 6.03 Å². The maximum atomic E-state index is 13.0. The van der Waals surface area contributed by atoms with Gasteiger partial charge in [0.05, 0.1) is 38.2 Å². The van der Waals surface area contributed by atoms with Crippen molar-refractivity contribution in [2.24, 2.45) is 5.92 Å². The second-order valence-corrected chi connectivity index (χ2v) is 7.00. The Labute approximate surface area is 160 Å². The average Bonchev–Trinajstić information content (AvgIpc) is 3.13. The summed E-state index contributed by atoms with van der Waals surface area (Å²) in [5.74, 6) is 1.38. The van der Waals surface area contributed by atoms with Gasteiger partial charge in [-0.25, -0.2) is 4.79 Å². The summed E-state index contributed by atoms with van der Waals surface area (Å²) in [6.07, 6.45) is 5.40. The number of aromatic nitrogens is 2. The maximum absolute atomic E-state index is 13.0. The Bertz CT molecular complexity index is 761. The van der Waals surface area contributed by atoms with Gasteiger partial charge in [0, 0.05) is 25.4 Å². The van der Waals surface area contributed by atoms with Gasteiger partial charge in [-0.05, 0) is 24.8 Å². The number of amides is 2. The van der Waals surface area contributed by atoms with Crippen LogP contribution in [0.1, 0.15) is 31.4 Å². The summed E-state index contributed by atoms with van der Waals surface area (Å²) in [6, 6.07) is 7.83. The van der Waals surface area contributed by atoms with Gasteiger partial charge in [0.2, 0.25) is 0 Å². The number of nitrogens with zero attached hydrogens (tertiary/aromatic N) is 3. The zero-order chi connectivity index (χ0) is 19.2. The minimum atomic E-state index is -0.107. The van der Waals surface area contributed by atoms with Crippen LogP contribution in [0.4, 0.5) is 10.5 Å². The van der Waals surface area contributed by atoms with Crippen LogP contribution in [-0.4, -0.2) is 48.1 Å². The number of benzene rings is 1. The van der Waals surface area contributed by atoms with Gasteiger partial charge in [-0.2, -0.15) is 5.10 Å². The van der Waals surface area contributed by atoms with Gasteiger partial charge in [0.25, 0.3) is 0 Å². The highest BCUT2D eigenvalue weighted by molar-refractivity contribution is 5.89. The molecule has 0 radical (unpaired) electrons. The number of rotatable bonds is 6. The Hall–Kier alpha value is -2.54. The Morgan fingerprint density at radius 1 is 1.33 bits per heavy atom. The van der Waals surface area contributed by atoms with E-state index in [1.54, 1.807) is 25.1 Å². The summed E-state index contributed by atoms with van der Waals surface area (Å²) in [5, 5.41) is 7.23. The van der Waals surface area contributed by atoms with E-state index in [0.717, 1.165) is 24.2 Å². The highest BCUT2D eigenvalue weighted by Crippen LogP contribution is 2.38. The molecule has 146 valence electrons. The van der Waals surface area contributed by atoms with Crippen LogP contribution in [0.2, 0.25) is 0 Å².